The van der Waals surface area contributed by atoms with Gasteiger partial charge in [-0.25, -0.2) is 0 Å². The van der Waals surface area contributed by atoms with Crippen molar-refractivity contribution in [2.45, 2.75) is 103 Å². The highest BCUT2D eigenvalue weighted by molar-refractivity contribution is 5.99. The van der Waals surface area contributed by atoms with E-state index in [0.717, 1.165) is 6.42 Å². The first kappa shape index (κ1) is 31.3. The molecule has 3 fully saturated rings. The van der Waals surface area contributed by atoms with Gasteiger partial charge in [0.2, 0.25) is 17.7 Å². The van der Waals surface area contributed by atoms with Crippen LogP contribution in [-0.2, 0) is 19.1 Å². The van der Waals surface area contributed by atoms with Gasteiger partial charge in [0, 0.05) is 25.7 Å². The first-order valence-electron chi connectivity index (χ1n) is 14.4. The average molecular weight is 546 g/mol. The number of carbonyl (C=O) groups excluding carboxylic acids is 3. The molecule has 3 saturated heterocycles. The molecule has 3 rings (SSSR count). The van der Waals surface area contributed by atoms with E-state index in [-0.39, 0.29) is 35.7 Å². The van der Waals surface area contributed by atoms with Gasteiger partial charge in [-0.05, 0) is 51.4 Å². The van der Waals surface area contributed by atoms with Crippen LogP contribution in [0.5, 0.6) is 0 Å². The van der Waals surface area contributed by atoms with Crippen LogP contribution >= 0.6 is 0 Å². The van der Waals surface area contributed by atoms with Crippen LogP contribution in [0.2, 0.25) is 0 Å². The van der Waals surface area contributed by atoms with Gasteiger partial charge in [0.15, 0.2) is 0 Å². The number of aliphatic hydroxyl groups excluding tert-OH is 1. The van der Waals surface area contributed by atoms with Gasteiger partial charge in [-0.1, -0.05) is 46.8 Å². The fourth-order valence-corrected chi connectivity index (χ4v) is 7.97. The van der Waals surface area contributed by atoms with E-state index < -0.39 is 40.7 Å². The second kappa shape index (κ2) is 10.7. The molecule has 0 aliphatic carbocycles. The van der Waals surface area contributed by atoms with Crippen molar-refractivity contribution in [2.75, 3.05) is 26.7 Å². The summed E-state index contributed by atoms with van der Waals surface area (Å²) in [6.45, 7) is 24.5. The maximum absolute atomic E-state index is 14.8. The zero-order valence-electron chi connectivity index (χ0n) is 25.6. The second-order valence-corrected chi connectivity index (χ2v) is 14.0. The van der Waals surface area contributed by atoms with E-state index >= 15 is 0 Å². The number of aliphatic hydroxyl groups is 1. The SMILES string of the molecule is C=CCN(C)C(=O)[C@@H]1[C@H]2C(=O)N([C@@H](CC)CO)C(C(=O)N(CC=C)C(C)(C)CC(C)(C)C)C23CC(C)[C@@]1(C)O3. The van der Waals surface area contributed by atoms with Crippen LogP contribution in [0.4, 0.5) is 0 Å². The number of ether oxygens (including phenoxy) is 1. The molecule has 220 valence electrons. The molecule has 3 heterocycles. The summed E-state index contributed by atoms with van der Waals surface area (Å²) in [7, 11) is 1.71. The number of amides is 3. The summed E-state index contributed by atoms with van der Waals surface area (Å²) in [4.78, 5) is 48.1. The van der Waals surface area contributed by atoms with Crippen LogP contribution in [0.15, 0.2) is 25.3 Å². The molecule has 0 aromatic rings. The molecule has 0 radical (unpaired) electrons. The first-order valence-corrected chi connectivity index (χ1v) is 14.4. The Hall–Kier alpha value is -2.19. The van der Waals surface area contributed by atoms with Crippen LogP contribution in [0.1, 0.15) is 74.7 Å². The number of hydrogen-bond acceptors (Lipinski definition) is 5. The number of nitrogens with zero attached hydrogens (tertiary/aromatic N) is 3. The van der Waals surface area contributed by atoms with E-state index in [1.807, 2.05) is 39.5 Å². The predicted octanol–water partition coefficient (Wildman–Crippen LogP) is 3.64. The van der Waals surface area contributed by atoms with Gasteiger partial charge in [0.25, 0.3) is 0 Å². The molecule has 3 aliphatic heterocycles. The van der Waals surface area contributed by atoms with E-state index in [2.05, 4.69) is 33.9 Å². The molecule has 7 atom stereocenters. The minimum absolute atomic E-state index is 0.0486. The van der Waals surface area contributed by atoms with E-state index in [9.17, 15) is 19.5 Å². The van der Waals surface area contributed by atoms with Crippen molar-refractivity contribution in [3.8, 4) is 0 Å². The van der Waals surface area contributed by atoms with Crippen molar-refractivity contribution >= 4 is 17.7 Å². The summed E-state index contributed by atoms with van der Waals surface area (Å²) in [6, 6.07) is -1.51. The lowest BCUT2D eigenvalue weighted by Gasteiger charge is -2.46. The van der Waals surface area contributed by atoms with Gasteiger partial charge in [-0.15, -0.1) is 13.2 Å². The monoisotopic (exact) mass is 545 g/mol. The molecule has 1 spiro atoms. The summed E-state index contributed by atoms with van der Waals surface area (Å²) >= 11 is 0. The van der Waals surface area contributed by atoms with E-state index in [4.69, 9.17) is 4.74 Å². The Bertz CT molecular complexity index is 999. The van der Waals surface area contributed by atoms with Crippen molar-refractivity contribution in [1.29, 1.82) is 0 Å². The molecule has 2 bridgehead atoms. The molecule has 3 aliphatic rings. The Morgan fingerprint density at radius 1 is 1.18 bits per heavy atom. The van der Waals surface area contributed by atoms with Crippen LogP contribution in [0.3, 0.4) is 0 Å². The summed E-state index contributed by atoms with van der Waals surface area (Å²) in [5.74, 6) is -2.24. The molecule has 8 nitrogen and oxygen atoms in total. The molecule has 0 saturated carbocycles. The number of carbonyl (C=O) groups is 3. The molecular formula is C31H51N3O5. The van der Waals surface area contributed by atoms with Gasteiger partial charge in [-0.2, -0.15) is 0 Å². The largest absolute Gasteiger partial charge is 0.394 e. The summed E-state index contributed by atoms with van der Waals surface area (Å²) in [5.41, 5.74) is -2.64. The summed E-state index contributed by atoms with van der Waals surface area (Å²) in [6.07, 6.45) is 5.08. The van der Waals surface area contributed by atoms with Crippen molar-refractivity contribution < 1.29 is 24.2 Å². The fraction of sp³-hybridized carbons (Fsp3) is 0.774. The Labute approximate surface area is 235 Å². The molecule has 8 heteroatoms. The van der Waals surface area contributed by atoms with E-state index in [1.165, 1.54) is 0 Å². The first-order chi connectivity index (χ1) is 18.0. The highest BCUT2D eigenvalue weighted by atomic mass is 16.5. The summed E-state index contributed by atoms with van der Waals surface area (Å²) < 4.78 is 6.87. The highest BCUT2D eigenvalue weighted by Gasteiger charge is 2.80. The molecule has 1 N–H and O–H groups in total. The minimum atomic E-state index is -1.16. The lowest BCUT2D eigenvalue weighted by molar-refractivity contribution is -0.160. The maximum atomic E-state index is 14.8. The number of likely N-dealkylation sites (tertiary alicyclic amines) is 1. The minimum Gasteiger partial charge on any atom is -0.394 e. The lowest BCUT2D eigenvalue weighted by atomic mass is 9.62. The highest BCUT2D eigenvalue weighted by Crippen LogP contribution is 2.66. The van der Waals surface area contributed by atoms with E-state index in [1.54, 1.807) is 29.0 Å². The summed E-state index contributed by atoms with van der Waals surface area (Å²) in [5, 5.41) is 10.4. The van der Waals surface area contributed by atoms with Gasteiger partial charge >= 0.3 is 0 Å². The third-order valence-electron chi connectivity index (χ3n) is 9.38. The number of rotatable bonds is 11. The third kappa shape index (κ3) is 4.96. The Balaban J connectivity index is 2.21. The zero-order valence-corrected chi connectivity index (χ0v) is 25.6. The zero-order chi connectivity index (χ0) is 29.7. The predicted molar refractivity (Wildman–Crippen MR) is 153 cm³/mol. The van der Waals surface area contributed by atoms with Crippen molar-refractivity contribution in [3.63, 3.8) is 0 Å². The second-order valence-electron chi connectivity index (χ2n) is 14.0. The maximum Gasteiger partial charge on any atom is 0.249 e. The number of hydrogen-bond donors (Lipinski definition) is 1. The lowest BCUT2D eigenvalue weighted by Crippen LogP contribution is -2.62. The van der Waals surface area contributed by atoms with Gasteiger partial charge in [0.1, 0.15) is 11.6 Å². The van der Waals surface area contributed by atoms with Crippen LogP contribution < -0.4 is 0 Å². The van der Waals surface area contributed by atoms with Crippen LogP contribution in [-0.4, -0.2) is 93.1 Å². The number of fused-ring (bicyclic) bond motifs is 1. The molecule has 0 aromatic carbocycles. The molecule has 3 unspecified atom stereocenters. The van der Waals surface area contributed by atoms with Gasteiger partial charge in [0.05, 0.1) is 30.1 Å². The van der Waals surface area contributed by atoms with Gasteiger partial charge < -0.3 is 24.5 Å². The van der Waals surface area contributed by atoms with Crippen LogP contribution in [0.25, 0.3) is 0 Å². The molecule has 0 aromatic heterocycles. The standard InChI is InChI=1S/C31H51N3O5/c1-12-15-32(11)25(36)22-23-26(37)34(21(14-3)18-35)24(31(23)17-20(4)30(22,10)39-31)27(38)33(16-13-2)29(8,9)19-28(5,6)7/h12-13,20-24,35H,1-2,14-19H2,3-11H3/t20?,21-,22-,23-,24?,30+,31?/m0/s1. The van der Waals surface area contributed by atoms with Crippen molar-refractivity contribution in [1.82, 2.24) is 14.7 Å². The number of likely N-dealkylation sites (N-methyl/N-ethyl adjacent to an activating group) is 1. The van der Waals surface area contributed by atoms with Gasteiger partial charge in [-0.3, -0.25) is 14.4 Å². The Kier molecular flexibility index (Phi) is 8.56. The Morgan fingerprint density at radius 3 is 2.26 bits per heavy atom. The smallest absolute Gasteiger partial charge is 0.249 e. The normalized spacial score (nSPS) is 32.7. The third-order valence-corrected chi connectivity index (χ3v) is 9.38. The molecule has 39 heavy (non-hydrogen) atoms. The fourth-order valence-electron chi connectivity index (χ4n) is 7.97. The van der Waals surface area contributed by atoms with Crippen molar-refractivity contribution in [3.05, 3.63) is 25.3 Å². The quantitative estimate of drug-likeness (QED) is 0.401. The van der Waals surface area contributed by atoms with Crippen LogP contribution in [0, 0.1) is 23.2 Å². The Morgan fingerprint density at radius 2 is 1.77 bits per heavy atom. The van der Waals surface area contributed by atoms with E-state index in [0.29, 0.717) is 25.9 Å². The average Bonchev–Trinajstić information content (AvgIpc) is 3.33. The molecule has 3 amide bonds. The topological polar surface area (TPSA) is 90.4 Å². The molecular weight excluding hydrogens is 494 g/mol. The van der Waals surface area contributed by atoms with Crippen molar-refractivity contribution in [2.24, 2.45) is 23.2 Å².